The molecule has 0 aliphatic carbocycles. The molecule has 1 amide bonds. The molecule has 0 unspecified atom stereocenters. The largest absolute Gasteiger partial charge is 0.484 e. The number of nitrogens with one attached hydrogen (secondary N) is 1. The van der Waals surface area contributed by atoms with Crippen molar-refractivity contribution in [1.82, 2.24) is 10.5 Å². The Kier molecular flexibility index (Phi) is 5.09. The van der Waals surface area contributed by atoms with Crippen molar-refractivity contribution in [2.45, 2.75) is 13.5 Å². The van der Waals surface area contributed by atoms with E-state index in [2.05, 4.69) is 10.5 Å². The van der Waals surface area contributed by atoms with Crippen molar-refractivity contribution in [2.24, 2.45) is 0 Å². The standard InChI is InChI=1S/C19H17FN2O3/c1-13-4-2-3-5-17(13)24-12-19(23)21-11-16-10-18(25-22-16)14-6-8-15(20)9-7-14/h2-10H,11-12H2,1H3,(H,21,23). The number of halogens is 1. The van der Waals surface area contributed by atoms with E-state index in [1.54, 1.807) is 18.2 Å². The van der Waals surface area contributed by atoms with Gasteiger partial charge in [0.15, 0.2) is 12.4 Å². The van der Waals surface area contributed by atoms with Crippen LogP contribution < -0.4 is 10.1 Å². The van der Waals surface area contributed by atoms with Gasteiger partial charge in [-0.05, 0) is 42.8 Å². The Labute approximate surface area is 144 Å². The Morgan fingerprint density at radius 3 is 2.72 bits per heavy atom. The number of carbonyl (C=O) groups is 1. The zero-order valence-corrected chi connectivity index (χ0v) is 13.7. The van der Waals surface area contributed by atoms with Gasteiger partial charge in [0.1, 0.15) is 17.3 Å². The third kappa shape index (κ3) is 4.44. The van der Waals surface area contributed by atoms with Crippen molar-refractivity contribution < 1.29 is 18.4 Å². The van der Waals surface area contributed by atoms with E-state index < -0.39 is 0 Å². The second-order valence-corrected chi connectivity index (χ2v) is 5.52. The second kappa shape index (κ2) is 7.61. The molecule has 1 aromatic heterocycles. The zero-order valence-electron chi connectivity index (χ0n) is 13.7. The van der Waals surface area contributed by atoms with Crippen LogP contribution in [-0.2, 0) is 11.3 Å². The van der Waals surface area contributed by atoms with Gasteiger partial charge in [-0.15, -0.1) is 0 Å². The third-order valence-electron chi connectivity index (χ3n) is 3.61. The number of aryl methyl sites for hydroxylation is 1. The first-order valence-corrected chi connectivity index (χ1v) is 7.78. The lowest BCUT2D eigenvalue weighted by molar-refractivity contribution is -0.123. The van der Waals surface area contributed by atoms with Crippen molar-refractivity contribution in [3.8, 4) is 17.1 Å². The second-order valence-electron chi connectivity index (χ2n) is 5.52. The van der Waals surface area contributed by atoms with Crippen LogP contribution >= 0.6 is 0 Å². The van der Waals surface area contributed by atoms with Crippen molar-refractivity contribution in [2.75, 3.05) is 6.61 Å². The molecule has 0 saturated carbocycles. The SMILES string of the molecule is Cc1ccccc1OCC(=O)NCc1cc(-c2ccc(F)cc2)on1. The topological polar surface area (TPSA) is 64.4 Å². The van der Waals surface area contributed by atoms with E-state index in [1.165, 1.54) is 12.1 Å². The number of aromatic nitrogens is 1. The number of hydrogen-bond acceptors (Lipinski definition) is 4. The Bertz CT molecular complexity index is 859. The number of rotatable bonds is 6. The van der Waals surface area contributed by atoms with E-state index in [4.69, 9.17) is 9.26 Å². The molecule has 1 N–H and O–H groups in total. The minimum Gasteiger partial charge on any atom is -0.484 e. The molecule has 25 heavy (non-hydrogen) atoms. The minimum atomic E-state index is -0.315. The summed E-state index contributed by atoms with van der Waals surface area (Å²) in [6.45, 7) is 2.06. The fourth-order valence-corrected chi connectivity index (χ4v) is 2.25. The van der Waals surface area contributed by atoms with Crippen LogP contribution in [0.4, 0.5) is 4.39 Å². The first kappa shape index (κ1) is 16.7. The molecule has 6 heteroatoms. The Morgan fingerprint density at radius 2 is 1.96 bits per heavy atom. The molecule has 2 aromatic carbocycles. The molecule has 0 radical (unpaired) electrons. The number of hydrogen-bond donors (Lipinski definition) is 1. The van der Waals surface area contributed by atoms with Gasteiger partial charge >= 0.3 is 0 Å². The van der Waals surface area contributed by atoms with Gasteiger partial charge < -0.3 is 14.6 Å². The van der Waals surface area contributed by atoms with Gasteiger partial charge in [-0.2, -0.15) is 0 Å². The van der Waals surface area contributed by atoms with Crippen molar-refractivity contribution >= 4 is 5.91 Å². The van der Waals surface area contributed by atoms with Crippen LogP contribution in [0.15, 0.2) is 59.1 Å². The Hall–Kier alpha value is -3.15. The first-order valence-electron chi connectivity index (χ1n) is 7.78. The van der Waals surface area contributed by atoms with Crippen LogP contribution in [0.3, 0.4) is 0 Å². The zero-order chi connectivity index (χ0) is 17.6. The predicted molar refractivity (Wildman–Crippen MR) is 90.4 cm³/mol. The maximum absolute atomic E-state index is 12.9. The highest BCUT2D eigenvalue weighted by atomic mass is 19.1. The third-order valence-corrected chi connectivity index (χ3v) is 3.61. The smallest absolute Gasteiger partial charge is 0.258 e. The summed E-state index contributed by atoms with van der Waals surface area (Å²) in [5.41, 5.74) is 2.26. The van der Waals surface area contributed by atoms with Crippen LogP contribution in [0.25, 0.3) is 11.3 Å². The molecule has 0 saturated heterocycles. The van der Waals surface area contributed by atoms with E-state index in [1.807, 2.05) is 31.2 Å². The molecule has 5 nitrogen and oxygen atoms in total. The number of benzene rings is 2. The van der Waals surface area contributed by atoms with Crippen molar-refractivity contribution in [3.05, 3.63) is 71.7 Å². The maximum atomic E-state index is 12.9. The average Bonchev–Trinajstić information content (AvgIpc) is 3.09. The highest BCUT2D eigenvalue weighted by molar-refractivity contribution is 5.77. The van der Waals surface area contributed by atoms with Crippen LogP contribution in [0.2, 0.25) is 0 Å². The summed E-state index contributed by atoms with van der Waals surface area (Å²) in [5.74, 6) is 0.622. The van der Waals surface area contributed by atoms with Gasteiger partial charge in [-0.3, -0.25) is 4.79 Å². The summed E-state index contributed by atoms with van der Waals surface area (Å²) < 4.78 is 23.6. The van der Waals surface area contributed by atoms with Crippen LogP contribution in [0.5, 0.6) is 5.75 Å². The van der Waals surface area contributed by atoms with Crippen molar-refractivity contribution in [3.63, 3.8) is 0 Å². The number of nitrogens with zero attached hydrogens (tertiary/aromatic N) is 1. The molecule has 0 bridgehead atoms. The van der Waals surface area contributed by atoms with E-state index in [0.717, 1.165) is 11.1 Å². The van der Waals surface area contributed by atoms with Gasteiger partial charge in [-0.25, -0.2) is 4.39 Å². The molecule has 128 valence electrons. The van der Waals surface area contributed by atoms with E-state index in [0.29, 0.717) is 17.2 Å². The molecule has 0 aliphatic rings. The molecular weight excluding hydrogens is 323 g/mol. The summed E-state index contributed by atoms with van der Waals surface area (Å²) in [7, 11) is 0. The number of para-hydroxylation sites is 1. The molecule has 1 heterocycles. The van der Waals surface area contributed by atoms with E-state index >= 15 is 0 Å². The molecule has 3 rings (SSSR count). The van der Waals surface area contributed by atoms with Gasteiger partial charge in [0.2, 0.25) is 0 Å². The Morgan fingerprint density at radius 1 is 1.20 bits per heavy atom. The monoisotopic (exact) mass is 340 g/mol. The van der Waals surface area contributed by atoms with Gasteiger partial charge in [0.25, 0.3) is 5.91 Å². The normalized spacial score (nSPS) is 10.5. The number of ether oxygens (including phenoxy) is 1. The quantitative estimate of drug-likeness (QED) is 0.746. The van der Waals surface area contributed by atoms with Crippen LogP contribution in [0.1, 0.15) is 11.3 Å². The summed E-state index contributed by atoms with van der Waals surface area (Å²) in [4.78, 5) is 11.9. The lowest BCUT2D eigenvalue weighted by atomic mass is 10.1. The molecule has 0 spiro atoms. The Balaban J connectivity index is 1.51. The average molecular weight is 340 g/mol. The first-order chi connectivity index (χ1) is 12.1. The number of carbonyl (C=O) groups excluding carboxylic acids is 1. The summed E-state index contributed by atoms with van der Waals surface area (Å²) in [5, 5.41) is 6.61. The summed E-state index contributed by atoms with van der Waals surface area (Å²) >= 11 is 0. The fourth-order valence-electron chi connectivity index (χ4n) is 2.25. The molecule has 0 atom stereocenters. The predicted octanol–water partition coefficient (Wildman–Crippen LogP) is 3.48. The van der Waals surface area contributed by atoms with Crippen molar-refractivity contribution in [1.29, 1.82) is 0 Å². The van der Waals surface area contributed by atoms with Gasteiger partial charge in [-0.1, -0.05) is 23.4 Å². The summed E-state index contributed by atoms with van der Waals surface area (Å²) in [6.07, 6.45) is 0. The van der Waals surface area contributed by atoms with E-state index in [-0.39, 0.29) is 24.9 Å². The van der Waals surface area contributed by atoms with Gasteiger partial charge in [0, 0.05) is 11.6 Å². The lowest BCUT2D eigenvalue weighted by Crippen LogP contribution is -2.28. The highest BCUT2D eigenvalue weighted by Crippen LogP contribution is 2.20. The maximum Gasteiger partial charge on any atom is 0.258 e. The molecule has 3 aromatic rings. The van der Waals surface area contributed by atoms with Gasteiger partial charge in [0.05, 0.1) is 6.54 Å². The number of amides is 1. The highest BCUT2D eigenvalue weighted by Gasteiger charge is 2.09. The molecule has 0 aliphatic heterocycles. The van der Waals surface area contributed by atoms with E-state index in [9.17, 15) is 9.18 Å². The molecule has 0 fully saturated rings. The summed E-state index contributed by atoms with van der Waals surface area (Å²) in [6, 6.07) is 15.1. The minimum absolute atomic E-state index is 0.0759. The molecular formula is C19H17FN2O3. The van der Waals surface area contributed by atoms with Crippen LogP contribution in [0, 0.1) is 12.7 Å². The lowest BCUT2D eigenvalue weighted by Gasteiger charge is -2.08. The van der Waals surface area contributed by atoms with Crippen LogP contribution in [-0.4, -0.2) is 17.7 Å². The fraction of sp³-hybridized carbons (Fsp3) is 0.158.